The normalized spacial score (nSPS) is 17.5. The maximum absolute atomic E-state index is 13.0. The second-order valence-corrected chi connectivity index (χ2v) is 8.64. The van der Waals surface area contributed by atoms with Crippen molar-refractivity contribution in [1.82, 2.24) is 35.1 Å². The van der Waals surface area contributed by atoms with Gasteiger partial charge in [-0.05, 0) is 58.0 Å². The number of aromatic amines is 1. The summed E-state index contributed by atoms with van der Waals surface area (Å²) in [5.41, 5.74) is 11.6. The van der Waals surface area contributed by atoms with Gasteiger partial charge < -0.3 is 15.6 Å². The summed E-state index contributed by atoms with van der Waals surface area (Å²) in [5, 5.41) is 12.1. The summed E-state index contributed by atoms with van der Waals surface area (Å²) in [4.78, 5) is 23.1. The van der Waals surface area contributed by atoms with Crippen molar-refractivity contribution < 1.29 is 4.79 Å². The van der Waals surface area contributed by atoms with E-state index in [4.69, 9.17) is 17.3 Å². The van der Waals surface area contributed by atoms with Gasteiger partial charge in [-0.15, -0.1) is 5.10 Å². The highest BCUT2D eigenvalue weighted by Crippen LogP contribution is 2.40. The van der Waals surface area contributed by atoms with Crippen LogP contribution in [0.15, 0.2) is 72.8 Å². The third kappa shape index (κ3) is 3.46. The first-order valence-corrected chi connectivity index (χ1v) is 11.1. The van der Waals surface area contributed by atoms with Crippen LogP contribution in [0.5, 0.6) is 0 Å². The van der Waals surface area contributed by atoms with E-state index in [0.29, 0.717) is 29.4 Å². The maximum Gasteiger partial charge on any atom is 0.181 e. The Kier molecular flexibility index (Phi) is 4.77. The average molecular weight is 471 g/mol. The number of fused-ring (bicyclic) bond motifs is 1. The van der Waals surface area contributed by atoms with E-state index in [1.807, 2.05) is 42.5 Å². The number of imidazole rings is 1. The smallest absolute Gasteiger partial charge is 0.181 e. The molecule has 2 aliphatic heterocycles. The summed E-state index contributed by atoms with van der Waals surface area (Å²) in [6.45, 7) is 0.567. The Hall–Kier alpha value is -4.24. The van der Waals surface area contributed by atoms with Crippen molar-refractivity contribution in [1.29, 1.82) is 0 Å². The number of carbonyl (C=O) groups is 1. The van der Waals surface area contributed by atoms with Crippen molar-refractivity contribution in [2.75, 3.05) is 12.3 Å². The Morgan fingerprint density at radius 3 is 2.79 bits per heavy atom. The lowest BCUT2D eigenvalue weighted by molar-refractivity contribution is -0.114. The molecule has 0 bridgehead atoms. The number of hydrogen-bond donors (Lipinski definition) is 2. The second kappa shape index (κ2) is 7.96. The van der Waals surface area contributed by atoms with Crippen LogP contribution in [0.4, 0.5) is 5.69 Å². The van der Waals surface area contributed by atoms with E-state index in [0.717, 1.165) is 33.9 Å². The number of rotatable bonds is 4. The molecule has 0 radical (unpaired) electrons. The van der Waals surface area contributed by atoms with Crippen molar-refractivity contribution in [3.8, 4) is 16.9 Å². The number of anilines is 1. The average Bonchev–Trinajstić information content (AvgIpc) is 3.60. The van der Waals surface area contributed by atoms with Crippen LogP contribution in [0, 0.1) is 0 Å². The molecule has 34 heavy (non-hydrogen) atoms. The van der Waals surface area contributed by atoms with Gasteiger partial charge in [0.25, 0.3) is 0 Å². The molecule has 3 N–H and O–H groups in total. The van der Waals surface area contributed by atoms with Crippen LogP contribution >= 0.6 is 11.6 Å². The quantitative estimate of drug-likeness (QED) is 0.437. The number of H-pyrrole nitrogens is 1. The summed E-state index contributed by atoms with van der Waals surface area (Å²) in [6, 6.07) is 13.0. The van der Waals surface area contributed by atoms with Gasteiger partial charge in [0.2, 0.25) is 0 Å². The summed E-state index contributed by atoms with van der Waals surface area (Å²) >= 11 is 6.30. The van der Waals surface area contributed by atoms with Gasteiger partial charge in [0.05, 0.1) is 29.3 Å². The fourth-order valence-corrected chi connectivity index (χ4v) is 4.64. The second-order valence-electron chi connectivity index (χ2n) is 8.20. The summed E-state index contributed by atoms with van der Waals surface area (Å²) in [6.07, 6.45) is 7.68. The molecule has 0 saturated carbocycles. The Balaban J connectivity index is 1.31. The highest BCUT2D eigenvalue weighted by Gasteiger charge is 2.38. The molecule has 2 aliphatic rings. The van der Waals surface area contributed by atoms with Crippen LogP contribution in [0.2, 0.25) is 5.02 Å². The predicted octanol–water partition coefficient (Wildman–Crippen LogP) is 3.59. The molecule has 2 aromatic heterocycles. The van der Waals surface area contributed by atoms with Crippen LogP contribution in [0.25, 0.3) is 22.5 Å². The minimum absolute atomic E-state index is 0.0760. The van der Waals surface area contributed by atoms with E-state index in [9.17, 15) is 4.79 Å². The molecular formula is C24H19ClN8O. The van der Waals surface area contributed by atoms with Crippen molar-refractivity contribution >= 4 is 28.6 Å². The van der Waals surface area contributed by atoms with E-state index in [1.165, 1.54) is 6.33 Å². The molecule has 1 saturated heterocycles. The zero-order valence-corrected chi connectivity index (χ0v) is 18.6. The van der Waals surface area contributed by atoms with Crippen molar-refractivity contribution in [2.24, 2.45) is 0 Å². The molecule has 10 heteroatoms. The van der Waals surface area contributed by atoms with Gasteiger partial charge >= 0.3 is 0 Å². The minimum Gasteiger partial charge on any atom is -0.399 e. The number of nitrogens with one attached hydrogen (secondary N) is 1. The van der Waals surface area contributed by atoms with E-state index < -0.39 is 0 Å². The fraction of sp³-hybridized carbons (Fsp3) is 0.125. The van der Waals surface area contributed by atoms with Crippen molar-refractivity contribution in [3.63, 3.8) is 0 Å². The van der Waals surface area contributed by atoms with E-state index >= 15 is 0 Å². The SMILES string of the molecule is Nc1ccc(-c2cnc(C3CC(=O)C4=CC(c5cc(Cl)ccc5-n5cnnn5)=CCN43)[nH]2)cc1. The van der Waals surface area contributed by atoms with Gasteiger partial charge in [0.15, 0.2) is 5.78 Å². The summed E-state index contributed by atoms with van der Waals surface area (Å²) in [7, 11) is 0. The van der Waals surface area contributed by atoms with Gasteiger partial charge in [0, 0.05) is 29.2 Å². The largest absolute Gasteiger partial charge is 0.399 e. The number of carbonyl (C=O) groups excluding carboxylic acids is 1. The lowest BCUT2D eigenvalue weighted by Gasteiger charge is -2.28. The summed E-state index contributed by atoms with van der Waals surface area (Å²) < 4.78 is 1.58. The van der Waals surface area contributed by atoms with E-state index in [2.05, 4.69) is 36.5 Å². The minimum atomic E-state index is -0.155. The van der Waals surface area contributed by atoms with E-state index in [1.54, 1.807) is 16.9 Å². The number of ketones is 1. The molecule has 1 unspecified atom stereocenters. The van der Waals surface area contributed by atoms with Crippen LogP contribution in [-0.4, -0.2) is 47.4 Å². The van der Waals surface area contributed by atoms with Gasteiger partial charge in [0.1, 0.15) is 12.2 Å². The number of aromatic nitrogens is 6. The number of nitrogens with two attached hydrogens (primary N) is 1. The molecule has 1 atom stereocenters. The third-order valence-electron chi connectivity index (χ3n) is 6.15. The van der Waals surface area contributed by atoms with Gasteiger partial charge in [-0.1, -0.05) is 29.8 Å². The number of nitrogens with zero attached hydrogens (tertiary/aromatic N) is 6. The molecule has 168 valence electrons. The van der Waals surface area contributed by atoms with Crippen LogP contribution in [-0.2, 0) is 4.79 Å². The third-order valence-corrected chi connectivity index (χ3v) is 6.38. The zero-order valence-electron chi connectivity index (χ0n) is 17.9. The molecule has 0 spiro atoms. The van der Waals surface area contributed by atoms with Crippen LogP contribution in [0.3, 0.4) is 0 Å². The standard InChI is InChI=1S/C24H19ClN8O/c25-16-3-6-20(33-13-28-30-31-33)18(10-16)15-7-8-32-21(9-15)23(34)11-22(32)24-27-12-19(29-24)14-1-4-17(26)5-2-14/h1-7,9-10,12-13,22H,8,11,26H2,(H,27,29). The van der Waals surface area contributed by atoms with Gasteiger partial charge in [-0.3, -0.25) is 4.79 Å². The first kappa shape index (κ1) is 20.4. The number of hydrogen-bond acceptors (Lipinski definition) is 7. The maximum atomic E-state index is 13.0. The van der Waals surface area contributed by atoms with Crippen molar-refractivity contribution in [2.45, 2.75) is 12.5 Å². The molecule has 0 amide bonds. The molecular weight excluding hydrogens is 452 g/mol. The number of nitrogen functional groups attached to an aromatic ring is 1. The van der Waals surface area contributed by atoms with Crippen molar-refractivity contribution in [3.05, 3.63) is 89.2 Å². The molecule has 2 aromatic carbocycles. The molecule has 6 rings (SSSR count). The fourth-order valence-electron chi connectivity index (χ4n) is 4.47. The zero-order chi connectivity index (χ0) is 23.2. The molecule has 0 aliphatic carbocycles. The van der Waals surface area contributed by atoms with Gasteiger partial charge in [-0.2, -0.15) is 4.68 Å². The number of tetrazole rings is 1. The Labute approximate surface area is 199 Å². The first-order chi connectivity index (χ1) is 16.6. The first-order valence-electron chi connectivity index (χ1n) is 10.7. The highest BCUT2D eigenvalue weighted by molar-refractivity contribution is 6.30. The Bertz CT molecular complexity index is 1450. The molecule has 4 heterocycles. The monoisotopic (exact) mass is 470 g/mol. The Morgan fingerprint density at radius 1 is 1.15 bits per heavy atom. The van der Waals surface area contributed by atoms with E-state index in [-0.39, 0.29) is 11.8 Å². The topological polar surface area (TPSA) is 119 Å². The lowest BCUT2D eigenvalue weighted by atomic mass is 9.99. The molecule has 4 aromatic rings. The number of halogens is 1. The van der Waals surface area contributed by atoms with Crippen LogP contribution in [0.1, 0.15) is 23.9 Å². The van der Waals surface area contributed by atoms with Crippen LogP contribution < -0.4 is 5.73 Å². The summed E-state index contributed by atoms with van der Waals surface area (Å²) in [5.74, 6) is 0.838. The number of Topliss-reactive ketones (excluding diaryl/α,β-unsaturated/α-hetero) is 1. The Morgan fingerprint density at radius 2 is 2.00 bits per heavy atom. The predicted molar refractivity (Wildman–Crippen MR) is 128 cm³/mol. The van der Waals surface area contributed by atoms with Gasteiger partial charge in [-0.25, -0.2) is 4.98 Å². The molecule has 1 fully saturated rings. The lowest BCUT2D eigenvalue weighted by Crippen LogP contribution is -2.26. The highest BCUT2D eigenvalue weighted by atomic mass is 35.5. The number of benzene rings is 2. The number of allylic oxidation sites excluding steroid dienone is 3. The molecule has 9 nitrogen and oxygen atoms in total.